The molecular weight excluding hydrogens is 191 g/mol. The highest BCUT2D eigenvalue weighted by Gasteiger charge is 2.08. The van der Waals surface area contributed by atoms with E-state index in [9.17, 15) is 4.39 Å². The first kappa shape index (κ1) is 9.93. The quantitative estimate of drug-likeness (QED) is 0.672. The Morgan fingerprint density at radius 1 is 1.17 bits per heavy atom. The van der Waals surface area contributed by atoms with E-state index in [0.29, 0.717) is 0 Å². The van der Waals surface area contributed by atoms with Gasteiger partial charge in [0.2, 0.25) is 0 Å². The Morgan fingerprint density at radius 3 is 2.33 bits per heavy atom. The standard InChI is InChI=1S/C9H11FS2/c1-6-4-5-7(11-2)9(12-3)8(6)10/h4-5H,1-3H3. The van der Waals surface area contributed by atoms with Crippen LogP contribution in [0.4, 0.5) is 4.39 Å². The number of hydrogen-bond donors (Lipinski definition) is 0. The Balaban J connectivity index is 3.25. The van der Waals surface area contributed by atoms with Crippen LogP contribution < -0.4 is 0 Å². The smallest absolute Gasteiger partial charge is 0.140 e. The zero-order valence-corrected chi connectivity index (χ0v) is 8.98. The monoisotopic (exact) mass is 202 g/mol. The predicted octanol–water partition coefficient (Wildman–Crippen LogP) is 3.58. The summed E-state index contributed by atoms with van der Waals surface area (Å²) in [6, 6.07) is 3.79. The maximum Gasteiger partial charge on any atom is 0.140 e. The van der Waals surface area contributed by atoms with Gasteiger partial charge in [0.15, 0.2) is 0 Å². The van der Waals surface area contributed by atoms with Crippen molar-refractivity contribution in [1.29, 1.82) is 0 Å². The van der Waals surface area contributed by atoms with Gasteiger partial charge >= 0.3 is 0 Å². The maximum absolute atomic E-state index is 13.4. The van der Waals surface area contributed by atoms with Gasteiger partial charge in [-0.15, -0.1) is 23.5 Å². The van der Waals surface area contributed by atoms with Crippen LogP contribution in [0.2, 0.25) is 0 Å². The lowest BCUT2D eigenvalue weighted by molar-refractivity contribution is 0.585. The number of halogens is 1. The molecule has 0 radical (unpaired) electrons. The summed E-state index contributed by atoms with van der Waals surface area (Å²) in [6.45, 7) is 1.79. The summed E-state index contributed by atoms with van der Waals surface area (Å²) in [4.78, 5) is 1.79. The zero-order chi connectivity index (χ0) is 9.14. The Hall–Kier alpha value is -0.150. The van der Waals surface area contributed by atoms with Crippen LogP contribution in [0.25, 0.3) is 0 Å². The maximum atomic E-state index is 13.4. The van der Waals surface area contributed by atoms with Crippen LogP contribution in [-0.2, 0) is 0 Å². The van der Waals surface area contributed by atoms with Crippen molar-refractivity contribution in [2.45, 2.75) is 16.7 Å². The van der Waals surface area contributed by atoms with E-state index in [-0.39, 0.29) is 5.82 Å². The minimum Gasteiger partial charge on any atom is -0.205 e. The van der Waals surface area contributed by atoms with E-state index in [1.165, 1.54) is 11.8 Å². The van der Waals surface area contributed by atoms with Crippen LogP contribution in [-0.4, -0.2) is 12.5 Å². The number of aryl methyl sites for hydroxylation is 1. The molecule has 0 aliphatic rings. The minimum absolute atomic E-state index is 0.0747. The number of rotatable bonds is 2. The minimum atomic E-state index is -0.0747. The average molecular weight is 202 g/mol. The number of benzene rings is 1. The summed E-state index contributed by atoms with van der Waals surface area (Å²) in [5.41, 5.74) is 0.720. The summed E-state index contributed by atoms with van der Waals surface area (Å²) >= 11 is 3.05. The highest BCUT2D eigenvalue weighted by atomic mass is 32.2. The highest BCUT2D eigenvalue weighted by molar-refractivity contribution is 8.01. The largest absolute Gasteiger partial charge is 0.205 e. The fraction of sp³-hybridized carbons (Fsp3) is 0.333. The molecule has 0 bridgehead atoms. The van der Waals surface area contributed by atoms with Crippen LogP contribution in [0.5, 0.6) is 0 Å². The molecule has 0 nitrogen and oxygen atoms in total. The molecule has 0 aliphatic carbocycles. The number of thioether (sulfide) groups is 2. The van der Waals surface area contributed by atoms with Crippen LogP contribution in [0, 0.1) is 12.7 Å². The fourth-order valence-corrected chi connectivity index (χ4v) is 2.58. The molecule has 0 aromatic heterocycles. The molecule has 0 amide bonds. The number of hydrogen-bond acceptors (Lipinski definition) is 2. The summed E-state index contributed by atoms with van der Waals surface area (Å²) in [7, 11) is 0. The first-order valence-electron chi connectivity index (χ1n) is 3.57. The van der Waals surface area contributed by atoms with Crippen LogP contribution in [0.15, 0.2) is 21.9 Å². The molecule has 12 heavy (non-hydrogen) atoms. The summed E-state index contributed by atoms with van der Waals surface area (Å²) < 4.78 is 13.4. The zero-order valence-electron chi connectivity index (χ0n) is 7.35. The molecule has 0 heterocycles. The predicted molar refractivity (Wildman–Crippen MR) is 54.7 cm³/mol. The van der Waals surface area contributed by atoms with Gasteiger partial charge in [0, 0.05) is 4.90 Å². The SMILES string of the molecule is CSc1ccc(C)c(F)c1SC. The topological polar surface area (TPSA) is 0 Å². The van der Waals surface area contributed by atoms with Crippen molar-refractivity contribution in [2.75, 3.05) is 12.5 Å². The lowest BCUT2D eigenvalue weighted by atomic mass is 10.2. The van der Waals surface area contributed by atoms with Crippen molar-refractivity contribution < 1.29 is 4.39 Å². The van der Waals surface area contributed by atoms with Gasteiger partial charge in [0.25, 0.3) is 0 Å². The second-order valence-electron chi connectivity index (χ2n) is 2.43. The van der Waals surface area contributed by atoms with E-state index in [4.69, 9.17) is 0 Å². The van der Waals surface area contributed by atoms with E-state index in [0.717, 1.165) is 15.4 Å². The Bertz CT molecular complexity index is 284. The fourth-order valence-electron chi connectivity index (χ4n) is 0.988. The van der Waals surface area contributed by atoms with E-state index < -0.39 is 0 Å². The summed E-state index contributed by atoms with van der Waals surface area (Å²) in [5, 5.41) is 0. The van der Waals surface area contributed by atoms with Crippen molar-refractivity contribution in [1.82, 2.24) is 0 Å². The summed E-state index contributed by atoms with van der Waals surface area (Å²) in [6.07, 6.45) is 3.86. The van der Waals surface area contributed by atoms with Gasteiger partial charge in [0.05, 0.1) is 4.90 Å². The van der Waals surface area contributed by atoms with E-state index >= 15 is 0 Å². The molecule has 1 rings (SSSR count). The molecule has 1 aromatic carbocycles. The molecule has 66 valence electrons. The van der Waals surface area contributed by atoms with Crippen molar-refractivity contribution >= 4 is 23.5 Å². The third kappa shape index (κ3) is 1.77. The van der Waals surface area contributed by atoms with Gasteiger partial charge in [-0.25, -0.2) is 4.39 Å². The van der Waals surface area contributed by atoms with Gasteiger partial charge in [-0.1, -0.05) is 6.07 Å². The van der Waals surface area contributed by atoms with Crippen molar-refractivity contribution in [3.63, 3.8) is 0 Å². The van der Waals surface area contributed by atoms with Crippen LogP contribution >= 0.6 is 23.5 Å². The highest BCUT2D eigenvalue weighted by Crippen LogP contribution is 2.31. The molecule has 0 aliphatic heterocycles. The van der Waals surface area contributed by atoms with Gasteiger partial charge < -0.3 is 0 Å². The Labute approximate surface area is 80.9 Å². The molecule has 3 heteroatoms. The lowest BCUT2D eigenvalue weighted by Gasteiger charge is -2.07. The lowest BCUT2D eigenvalue weighted by Crippen LogP contribution is -1.88. The van der Waals surface area contributed by atoms with Crippen molar-refractivity contribution in [3.05, 3.63) is 23.5 Å². The molecule has 1 aromatic rings. The first-order valence-corrected chi connectivity index (χ1v) is 6.02. The average Bonchev–Trinajstić information content (AvgIpc) is 2.09. The molecule has 0 saturated heterocycles. The molecule has 0 atom stereocenters. The Morgan fingerprint density at radius 2 is 1.83 bits per heavy atom. The van der Waals surface area contributed by atoms with Crippen LogP contribution in [0.3, 0.4) is 0 Å². The van der Waals surface area contributed by atoms with E-state index in [2.05, 4.69) is 0 Å². The molecule has 0 unspecified atom stereocenters. The van der Waals surface area contributed by atoms with E-state index in [1.807, 2.05) is 24.6 Å². The van der Waals surface area contributed by atoms with Gasteiger partial charge in [-0.05, 0) is 31.1 Å². The second kappa shape index (κ2) is 4.19. The molecule has 0 saturated carbocycles. The molecule has 0 fully saturated rings. The third-order valence-corrected chi connectivity index (χ3v) is 3.39. The second-order valence-corrected chi connectivity index (χ2v) is 4.10. The van der Waals surface area contributed by atoms with Crippen molar-refractivity contribution in [3.8, 4) is 0 Å². The Kier molecular flexibility index (Phi) is 3.47. The molecular formula is C9H11FS2. The van der Waals surface area contributed by atoms with E-state index in [1.54, 1.807) is 18.7 Å². The molecule has 0 N–H and O–H groups in total. The normalized spacial score (nSPS) is 10.3. The first-order chi connectivity index (χ1) is 5.70. The summed E-state index contributed by atoms with van der Waals surface area (Å²) in [5.74, 6) is -0.0747. The van der Waals surface area contributed by atoms with Gasteiger partial charge in [-0.3, -0.25) is 0 Å². The van der Waals surface area contributed by atoms with Crippen LogP contribution in [0.1, 0.15) is 5.56 Å². The van der Waals surface area contributed by atoms with Gasteiger partial charge in [-0.2, -0.15) is 0 Å². The van der Waals surface area contributed by atoms with Gasteiger partial charge in [0.1, 0.15) is 5.82 Å². The molecule has 0 spiro atoms. The van der Waals surface area contributed by atoms with Crippen molar-refractivity contribution in [2.24, 2.45) is 0 Å². The third-order valence-electron chi connectivity index (χ3n) is 1.68.